The number of nitrogens with two attached hydrogens (primary N) is 1. The maximum Gasteiger partial charge on any atom is 0.135 e. The van der Waals surface area contributed by atoms with E-state index >= 15 is 0 Å². The second kappa shape index (κ2) is 5.41. The summed E-state index contributed by atoms with van der Waals surface area (Å²) in [5.74, 6) is 1.21. The van der Waals surface area contributed by atoms with Crippen LogP contribution in [0.5, 0.6) is 0 Å². The third kappa shape index (κ3) is 3.26. The molecule has 2 aromatic rings. The Kier molecular flexibility index (Phi) is 3.67. The Morgan fingerprint density at radius 3 is 2.65 bits per heavy atom. The molecule has 0 aliphatic rings. The third-order valence-electron chi connectivity index (χ3n) is 2.34. The first-order chi connectivity index (χ1) is 8.28. The van der Waals surface area contributed by atoms with Crippen LogP contribution < -0.4 is 5.73 Å². The number of ether oxygens (including phenoxy) is 1. The Hall–Kier alpha value is -1.94. The van der Waals surface area contributed by atoms with Crippen LogP contribution in [0.25, 0.3) is 0 Å². The van der Waals surface area contributed by atoms with Gasteiger partial charge in [0.15, 0.2) is 0 Å². The molecule has 0 aliphatic carbocycles. The molecule has 17 heavy (non-hydrogen) atoms. The summed E-state index contributed by atoms with van der Waals surface area (Å²) >= 11 is 0. The van der Waals surface area contributed by atoms with Crippen molar-refractivity contribution in [2.45, 2.75) is 13.0 Å². The van der Waals surface area contributed by atoms with Gasteiger partial charge in [0.25, 0.3) is 0 Å². The second-order valence-electron chi connectivity index (χ2n) is 3.80. The second-order valence-corrected chi connectivity index (χ2v) is 3.80. The molecule has 2 rings (SSSR count). The van der Waals surface area contributed by atoms with Gasteiger partial charge in [0.05, 0.1) is 12.3 Å². The molecule has 0 aliphatic heterocycles. The molecule has 0 fully saturated rings. The van der Waals surface area contributed by atoms with Gasteiger partial charge in [-0.2, -0.15) is 0 Å². The summed E-state index contributed by atoms with van der Waals surface area (Å²) in [7, 11) is 1.63. The molecule has 0 atom stereocenters. The molecule has 0 spiro atoms. The highest BCUT2D eigenvalue weighted by Gasteiger charge is 2.03. The Balaban J connectivity index is 2.21. The molecule has 0 unspecified atom stereocenters. The fraction of sp³-hybridized carbons (Fsp3) is 0.231. The number of benzene rings is 1. The van der Waals surface area contributed by atoms with Crippen molar-refractivity contribution in [2.75, 3.05) is 12.8 Å². The number of methoxy groups -OCH3 is 1. The zero-order chi connectivity index (χ0) is 12.1. The summed E-state index contributed by atoms with van der Waals surface area (Å²) in [4.78, 5) is 8.62. The van der Waals surface area contributed by atoms with Crippen LogP contribution in [0.1, 0.15) is 17.1 Å². The summed E-state index contributed by atoms with van der Waals surface area (Å²) in [5.41, 5.74) is 7.72. The van der Waals surface area contributed by atoms with E-state index in [-0.39, 0.29) is 0 Å². The standard InChI is InChI=1S/C13H15N3O/c1-17-9-11-8-12(14)16-13(15-11)7-10-5-3-2-4-6-10/h2-6,8H,7,9H2,1H3,(H2,14,15,16). The molecular weight excluding hydrogens is 214 g/mol. The lowest BCUT2D eigenvalue weighted by Gasteiger charge is -2.05. The predicted octanol–water partition coefficient (Wildman–Crippen LogP) is 1.80. The minimum Gasteiger partial charge on any atom is -0.384 e. The summed E-state index contributed by atoms with van der Waals surface area (Å²) in [6.45, 7) is 0.453. The molecular formula is C13H15N3O. The van der Waals surface area contributed by atoms with Crippen LogP contribution in [0.2, 0.25) is 0 Å². The Morgan fingerprint density at radius 1 is 1.18 bits per heavy atom. The largest absolute Gasteiger partial charge is 0.384 e. The maximum absolute atomic E-state index is 5.74. The van der Waals surface area contributed by atoms with Gasteiger partial charge in [-0.3, -0.25) is 0 Å². The van der Waals surface area contributed by atoms with E-state index in [9.17, 15) is 0 Å². The van der Waals surface area contributed by atoms with Crippen molar-refractivity contribution in [3.63, 3.8) is 0 Å². The third-order valence-corrected chi connectivity index (χ3v) is 2.34. The van der Waals surface area contributed by atoms with Gasteiger partial charge in [0.2, 0.25) is 0 Å². The van der Waals surface area contributed by atoms with E-state index in [1.807, 2.05) is 30.3 Å². The molecule has 0 radical (unpaired) electrons. The smallest absolute Gasteiger partial charge is 0.135 e. The van der Waals surface area contributed by atoms with Crippen molar-refractivity contribution in [1.29, 1.82) is 0 Å². The summed E-state index contributed by atoms with van der Waals surface area (Å²) < 4.78 is 5.04. The lowest BCUT2D eigenvalue weighted by atomic mass is 10.1. The van der Waals surface area contributed by atoms with Crippen molar-refractivity contribution in [3.05, 3.63) is 53.5 Å². The maximum atomic E-state index is 5.74. The number of hydrogen-bond donors (Lipinski definition) is 1. The first-order valence-corrected chi connectivity index (χ1v) is 5.43. The average Bonchev–Trinajstić information content (AvgIpc) is 2.30. The van der Waals surface area contributed by atoms with Gasteiger partial charge in [0, 0.05) is 19.6 Å². The molecule has 1 heterocycles. The first kappa shape index (κ1) is 11.5. The molecule has 4 nitrogen and oxygen atoms in total. The van der Waals surface area contributed by atoms with Crippen LogP contribution in [0, 0.1) is 0 Å². The van der Waals surface area contributed by atoms with E-state index < -0.39 is 0 Å². The van der Waals surface area contributed by atoms with Gasteiger partial charge in [0.1, 0.15) is 11.6 Å². The van der Waals surface area contributed by atoms with Crippen LogP contribution in [0.15, 0.2) is 36.4 Å². The van der Waals surface area contributed by atoms with Crippen LogP contribution in [-0.4, -0.2) is 17.1 Å². The van der Waals surface area contributed by atoms with E-state index in [0.29, 0.717) is 18.8 Å². The van der Waals surface area contributed by atoms with Gasteiger partial charge >= 0.3 is 0 Å². The molecule has 0 amide bonds. The number of rotatable bonds is 4. The molecule has 0 saturated heterocycles. The van der Waals surface area contributed by atoms with Gasteiger partial charge in [-0.1, -0.05) is 30.3 Å². The minimum absolute atomic E-state index is 0.453. The Morgan fingerprint density at radius 2 is 1.94 bits per heavy atom. The van der Waals surface area contributed by atoms with Crippen LogP contribution >= 0.6 is 0 Å². The van der Waals surface area contributed by atoms with Gasteiger partial charge in [-0.25, -0.2) is 9.97 Å². The topological polar surface area (TPSA) is 61.0 Å². The van der Waals surface area contributed by atoms with Crippen LogP contribution in [0.4, 0.5) is 5.82 Å². The molecule has 1 aromatic carbocycles. The zero-order valence-electron chi connectivity index (χ0n) is 9.76. The van der Waals surface area contributed by atoms with Gasteiger partial charge < -0.3 is 10.5 Å². The number of nitrogen functional groups attached to an aromatic ring is 1. The molecule has 1 aromatic heterocycles. The van der Waals surface area contributed by atoms with Gasteiger partial charge in [-0.05, 0) is 5.56 Å². The lowest BCUT2D eigenvalue weighted by Crippen LogP contribution is -2.04. The molecule has 0 saturated carbocycles. The average molecular weight is 229 g/mol. The lowest BCUT2D eigenvalue weighted by molar-refractivity contribution is 0.181. The SMILES string of the molecule is COCc1cc(N)nc(Cc2ccccc2)n1. The van der Waals surface area contributed by atoms with Crippen molar-refractivity contribution < 1.29 is 4.74 Å². The van der Waals surface area contributed by atoms with E-state index in [4.69, 9.17) is 10.5 Å². The van der Waals surface area contributed by atoms with E-state index in [1.165, 1.54) is 5.56 Å². The molecule has 4 heteroatoms. The number of hydrogen-bond acceptors (Lipinski definition) is 4. The predicted molar refractivity (Wildman–Crippen MR) is 66.4 cm³/mol. The number of aromatic nitrogens is 2. The van der Waals surface area contributed by atoms with E-state index in [0.717, 1.165) is 11.5 Å². The Bertz CT molecular complexity index is 485. The monoisotopic (exact) mass is 229 g/mol. The molecule has 88 valence electrons. The fourth-order valence-corrected chi connectivity index (χ4v) is 1.65. The van der Waals surface area contributed by atoms with Crippen molar-refractivity contribution in [2.24, 2.45) is 0 Å². The minimum atomic E-state index is 0.453. The van der Waals surface area contributed by atoms with Crippen molar-refractivity contribution >= 4 is 5.82 Å². The summed E-state index contributed by atoms with van der Waals surface area (Å²) in [5, 5.41) is 0. The zero-order valence-corrected chi connectivity index (χ0v) is 9.76. The van der Waals surface area contributed by atoms with Crippen molar-refractivity contribution in [3.8, 4) is 0 Å². The molecule has 0 bridgehead atoms. The number of nitrogens with zero attached hydrogens (tertiary/aromatic N) is 2. The number of anilines is 1. The van der Waals surface area contributed by atoms with Crippen LogP contribution in [-0.2, 0) is 17.8 Å². The van der Waals surface area contributed by atoms with E-state index in [2.05, 4.69) is 9.97 Å². The highest BCUT2D eigenvalue weighted by atomic mass is 16.5. The van der Waals surface area contributed by atoms with Gasteiger partial charge in [-0.15, -0.1) is 0 Å². The molecule has 2 N–H and O–H groups in total. The van der Waals surface area contributed by atoms with Crippen LogP contribution in [0.3, 0.4) is 0 Å². The first-order valence-electron chi connectivity index (χ1n) is 5.43. The van der Waals surface area contributed by atoms with E-state index in [1.54, 1.807) is 13.2 Å². The highest BCUT2D eigenvalue weighted by molar-refractivity contribution is 5.31. The summed E-state index contributed by atoms with van der Waals surface area (Å²) in [6, 6.07) is 11.8. The van der Waals surface area contributed by atoms with Crippen molar-refractivity contribution in [1.82, 2.24) is 9.97 Å². The fourth-order valence-electron chi connectivity index (χ4n) is 1.65. The highest BCUT2D eigenvalue weighted by Crippen LogP contribution is 2.09. The normalized spacial score (nSPS) is 10.4. The Labute approximate surface area is 100 Å². The quantitative estimate of drug-likeness (QED) is 0.868. The summed E-state index contributed by atoms with van der Waals surface area (Å²) in [6.07, 6.45) is 0.683.